The van der Waals surface area contributed by atoms with Crippen LogP contribution in [-0.4, -0.2) is 30.0 Å². The zero-order valence-corrected chi connectivity index (χ0v) is 11.3. The highest BCUT2D eigenvalue weighted by Crippen LogP contribution is 2.17. The van der Waals surface area contributed by atoms with E-state index in [0.717, 1.165) is 11.4 Å². The minimum Gasteiger partial charge on any atom is -0.320 e. The second-order valence-corrected chi connectivity index (χ2v) is 4.68. The molecule has 0 atom stereocenters. The van der Waals surface area contributed by atoms with Crippen molar-refractivity contribution in [3.05, 3.63) is 42.7 Å². The fourth-order valence-electron chi connectivity index (χ4n) is 1.82. The van der Waals surface area contributed by atoms with E-state index in [1.165, 1.54) is 0 Å². The molecule has 0 saturated heterocycles. The van der Waals surface area contributed by atoms with Crippen LogP contribution in [0.1, 0.15) is 19.9 Å². The zero-order chi connectivity index (χ0) is 13.9. The van der Waals surface area contributed by atoms with Crippen molar-refractivity contribution >= 4 is 11.6 Å². The molecular formula is C13H15N7. The Kier molecular flexibility index (Phi) is 3.16. The molecule has 0 spiro atoms. The number of tetrazole rings is 1. The van der Waals surface area contributed by atoms with Gasteiger partial charge in [0, 0.05) is 12.2 Å². The van der Waals surface area contributed by atoms with Gasteiger partial charge < -0.3 is 5.32 Å². The van der Waals surface area contributed by atoms with Gasteiger partial charge in [0.1, 0.15) is 0 Å². The predicted octanol–water partition coefficient (Wildman–Crippen LogP) is 2.18. The number of anilines is 2. The minimum absolute atomic E-state index is 0.315. The maximum absolute atomic E-state index is 4.27. The Hall–Kier alpha value is -2.70. The van der Waals surface area contributed by atoms with E-state index in [9.17, 15) is 0 Å². The van der Waals surface area contributed by atoms with Gasteiger partial charge in [-0.25, -0.2) is 0 Å². The third-order valence-corrected chi connectivity index (χ3v) is 2.86. The molecular weight excluding hydrogens is 254 g/mol. The molecule has 102 valence electrons. The molecule has 0 bridgehead atoms. The SMILES string of the molecule is CC(C)n1cc(Nc2nnnn2-c2ccccc2)cn1. The van der Waals surface area contributed by atoms with Crippen LogP contribution in [0.25, 0.3) is 5.69 Å². The van der Waals surface area contributed by atoms with E-state index >= 15 is 0 Å². The molecule has 1 aromatic carbocycles. The van der Waals surface area contributed by atoms with Gasteiger partial charge in [-0.3, -0.25) is 4.68 Å². The van der Waals surface area contributed by atoms with Gasteiger partial charge in [0.15, 0.2) is 0 Å². The highest BCUT2D eigenvalue weighted by atomic mass is 15.6. The van der Waals surface area contributed by atoms with E-state index in [2.05, 4.69) is 39.8 Å². The molecule has 2 aromatic heterocycles. The minimum atomic E-state index is 0.315. The summed E-state index contributed by atoms with van der Waals surface area (Å²) in [6.07, 6.45) is 3.68. The highest BCUT2D eigenvalue weighted by Gasteiger charge is 2.09. The topological polar surface area (TPSA) is 73.5 Å². The number of benzene rings is 1. The van der Waals surface area contributed by atoms with Crippen LogP contribution in [0.15, 0.2) is 42.7 Å². The van der Waals surface area contributed by atoms with E-state index in [1.54, 1.807) is 10.9 Å². The smallest absolute Gasteiger partial charge is 0.252 e. The quantitative estimate of drug-likeness (QED) is 0.785. The van der Waals surface area contributed by atoms with Gasteiger partial charge in [-0.15, -0.1) is 0 Å². The Morgan fingerprint density at radius 3 is 2.65 bits per heavy atom. The molecule has 7 nitrogen and oxygen atoms in total. The second kappa shape index (κ2) is 5.12. The summed E-state index contributed by atoms with van der Waals surface area (Å²) in [4.78, 5) is 0. The number of hydrogen-bond donors (Lipinski definition) is 1. The monoisotopic (exact) mass is 269 g/mol. The standard InChI is InChI=1S/C13H15N7/c1-10(2)19-9-11(8-14-19)15-13-16-17-18-20(13)12-6-4-3-5-7-12/h3-10H,1-2H3,(H,15,16,18). The van der Waals surface area contributed by atoms with Gasteiger partial charge in [-0.05, 0) is 36.4 Å². The summed E-state index contributed by atoms with van der Waals surface area (Å²) in [5, 5.41) is 19.1. The molecule has 0 aliphatic heterocycles. The first-order chi connectivity index (χ1) is 9.74. The first-order valence-electron chi connectivity index (χ1n) is 6.39. The van der Waals surface area contributed by atoms with E-state index in [1.807, 2.05) is 41.2 Å². The molecule has 7 heteroatoms. The number of nitrogens with zero attached hydrogens (tertiary/aromatic N) is 6. The lowest BCUT2D eigenvalue weighted by Crippen LogP contribution is -2.03. The summed E-state index contributed by atoms with van der Waals surface area (Å²) in [5.41, 5.74) is 1.75. The number of rotatable bonds is 4. The lowest BCUT2D eigenvalue weighted by atomic mass is 10.3. The predicted molar refractivity (Wildman–Crippen MR) is 75.0 cm³/mol. The molecule has 3 rings (SSSR count). The summed E-state index contributed by atoms with van der Waals surface area (Å²) >= 11 is 0. The van der Waals surface area contributed by atoms with Gasteiger partial charge in [-0.2, -0.15) is 9.78 Å². The number of aromatic nitrogens is 6. The fourth-order valence-corrected chi connectivity index (χ4v) is 1.82. The van der Waals surface area contributed by atoms with E-state index in [-0.39, 0.29) is 0 Å². The van der Waals surface area contributed by atoms with Crippen molar-refractivity contribution in [3.63, 3.8) is 0 Å². The first-order valence-corrected chi connectivity index (χ1v) is 6.39. The Balaban J connectivity index is 1.87. The third kappa shape index (κ3) is 2.37. The normalized spacial score (nSPS) is 10.9. The van der Waals surface area contributed by atoms with Crippen LogP contribution < -0.4 is 5.32 Å². The van der Waals surface area contributed by atoms with Gasteiger partial charge in [0.2, 0.25) is 0 Å². The molecule has 0 radical (unpaired) electrons. The van der Waals surface area contributed by atoms with Crippen LogP contribution >= 0.6 is 0 Å². The Bertz CT molecular complexity index is 684. The van der Waals surface area contributed by atoms with Crippen LogP contribution in [0, 0.1) is 0 Å². The third-order valence-electron chi connectivity index (χ3n) is 2.86. The molecule has 3 aromatic rings. The van der Waals surface area contributed by atoms with Crippen LogP contribution in [0.5, 0.6) is 0 Å². The van der Waals surface area contributed by atoms with Crippen LogP contribution in [-0.2, 0) is 0 Å². The largest absolute Gasteiger partial charge is 0.320 e. The molecule has 0 unspecified atom stereocenters. The molecule has 0 saturated carbocycles. The molecule has 0 aliphatic rings. The number of nitrogens with one attached hydrogen (secondary N) is 1. The fraction of sp³-hybridized carbons (Fsp3) is 0.231. The maximum Gasteiger partial charge on any atom is 0.252 e. The van der Waals surface area contributed by atoms with E-state index in [4.69, 9.17) is 0 Å². The molecule has 0 fully saturated rings. The molecule has 0 amide bonds. The van der Waals surface area contributed by atoms with E-state index < -0.39 is 0 Å². The lowest BCUT2D eigenvalue weighted by molar-refractivity contribution is 0.532. The van der Waals surface area contributed by atoms with Crippen LogP contribution in [0.4, 0.5) is 11.6 Å². The van der Waals surface area contributed by atoms with Gasteiger partial charge in [0.25, 0.3) is 5.95 Å². The summed E-state index contributed by atoms with van der Waals surface area (Å²) < 4.78 is 3.52. The average Bonchev–Trinajstić information content (AvgIpc) is 3.09. The number of hydrogen-bond acceptors (Lipinski definition) is 5. The molecule has 1 N–H and O–H groups in total. The maximum atomic E-state index is 4.27. The summed E-state index contributed by atoms with van der Waals surface area (Å²) in [5.74, 6) is 0.555. The van der Waals surface area contributed by atoms with E-state index in [0.29, 0.717) is 12.0 Å². The van der Waals surface area contributed by atoms with Crippen molar-refractivity contribution in [1.82, 2.24) is 30.0 Å². The Morgan fingerprint density at radius 1 is 1.15 bits per heavy atom. The van der Waals surface area contributed by atoms with Crippen molar-refractivity contribution in [2.45, 2.75) is 19.9 Å². The number of para-hydroxylation sites is 1. The Labute approximate surface area is 116 Å². The molecule has 20 heavy (non-hydrogen) atoms. The van der Waals surface area contributed by atoms with Crippen molar-refractivity contribution in [3.8, 4) is 5.69 Å². The van der Waals surface area contributed by atoms with Crippen LogP contribution in [0.2, 0.25) is 0 Å². The molecule has 2 heterocycles. The summed E-state index contributed by atoms with van der Waals surface area (Å²) in [6.45, 7) is 4.15. The molecule has 0 aliphatic carbocycles. The van der Waals surface area contributed by atoms with Crippen molar-refractivity contribution in [1.29, 1.82) is 0 Å². The lowest BCUT2D eigenvalue weighted by Gasteiger charge is -2.05. The van der Waals surface area contributed by atoms with Gasteiger partial charge >= 0.3 is 0 Å². The summed E-state index contributed by atoms with van der Waals surface area (Å²) in [6, 6.07) is 10.0. The van der Waals surface area contributed by atoms with Crippen molar-refractivity contribution < 1.29 is 0 Å². The summed E-state index contributed by atoms with van der Waals surface area (Å²) in [7, 11) is 0. The van der Waals surface area contributed by atoms with Gasteiger partial charge in [-0.1, -0.05) is 23.3 Å². The first kappa shape index (κ1) is 12.3. The second-order valence-electron chi connectivity index (χ2n) is 4.68. The zero-order valence-electron chi connectivity index (χ0n) is 11.3. The van der Waals surface area contributed by atoms with Crippen molar-refractivity contribution in [2.75, 3.05) is 5.32 Å². The highest BCUT2D eigenvalue weighted by molar-refractivity contribution is 5.52. The Morgan fingerprint density at radius 2 is 1.95 bits per heavy atom. The van der Waals surface area contributed by atoms with Crippen molar-refractivity contribution in [2.24, 2.45) is 0 Å². The van der Waals surface area contributed by atoms with Gasteiger partial charge in [0.05, 0.1) is 17.6 Å². The average molecular weight is 269 g/mol. The van der Waals surface area contributed by atoms with Crippen LogP contribution in [0.3, 0.4) is 0 Å².